The van der Waals surface area contributed by atoms with Gasteiger partial charge in [-0.1, -0.05) is 58.4 Å². The zero-order valence-electron chi connectivity index (χ0n) is 16.9. The summed E-state index contributed by atoms with van der Waals surface area (Å²) in [5, 5.41) is 12.6. The predicted octanol–water partition coefficient (Wildman–Crippen LogP) is 5.57. The number of carbonyl (C=O) groups is 1. The van der Waals surface area contributed by atoms with Crippen molar-refractivity contribution in [3.05, 3.63) is 98.3 Å². The van der Waals surface area contributed by atoms with Crippen LogP contribution in [0, 0.1) is 10.1 Å². The SMILES string of the molecule is O=C1c2cc(-c3ccccc3)ccc2-c2c1c1ccc([N+](=O)[O-])cc1c(=O)n2CCCBr. The summed E-state index contributed by atoms with van der Waals surface area (Å²) < 4.78 is 1.59. The maximum Gasteiger partial charge on any atom is 0.270 e. The van der Waals surface area contributed by atoms with E-state index in [4.69, 9.17) is 0 Å². The van der Waals surface area contributed by atoms with E-state index in [1.165, 1.54) is 18.2 Å². The fourth-order valence-electron chi connectivity index (χ4n) is 4.37. The molecule has 158 valence electrons. The lowest BCUT2D eigenvalue weighted by Gasteiger charge is -2.14. The molecule has 0 fully saturated rings. The van der Waals surface area contributed by atoms with Crippen molar-refractivity contribution in [3.8, 4) is 22.4 Å². The van der Waals surface area contributed by atoms with Crippen LogP contribution in [0.4, 0.5) is 5.69 Å². The van der Waals surface area contributed by atoms with E-state index in [0.717, 1.165) is 16.7 Å². The zero-order chi connectivity index (χ0) is 22.4. The summed E-state index contributed by atoms with van der Waals surface area (Å²) >= 11 is 3.40. The van der Waals surface area contributed by atoms with Gasteiger partial charge >= 0.3 is 0 Å². The molecule has 1 aromatic heterocycles. The van der Waals surface area contributed by atoms with E-state index in [1.54, 1.807) is 4.57 Å². The van der Waals surface area contributed by atoms with Crippen LogP contribution < -0.4 is 5.56 Å². The molecule has 0 saturated heterocycles. The van der Waals surface area contributed by atoms with Gasteiger partial charge in [-0.05, 0) is 29.7 Å². The van der Waals surface area contributed by atoms with Gasteiger partial charge < -0.3 is 4.57 Å². The minimum atomic E-state index is -0.530. The molecule has 1 aliphatic rings. The second kappa shape index (κ2) is 7.84. The number of nitro benzene ring substituents is 1. The molecule has 0 radical (unpaired) electrons. The highest BCUT2D eigenvalue weighted by Gasteiger charge is 2.33. The van der Waals surface area contributed by atoms with Crippen LogP contribution in [0.3, 0.4) is 0 Å². The molecule has 1 aliphatic carbocycles. The van der Waals surface area contributed by atoms with Crippen LogP contribution in [0.5, 0.6) is 0 Å². The molecule has 0 saturated carbocycles. The number of halogens is 1. The summed E-state index contributed by atoms with van der Waals surface area (Å²) in [5.41, 5.74) is 3.71. The number of nitrogens with zero attached hydrogens (tertiary/aromatic N) is 2. The molecule has 0 unspecified atom stereocenters. The number of hydrogen-bond acceptors (Lipinski definition) is 4. The lowest BCUT2D eigenvalue weighted by atomic mass is 9.99. The van der Waals surface area contributed by atoms with Crippen molar-refractivity contribution in [2.45, 2.75) is 13.0 Å². The van der Waals surface area contributed by atoms with Gasteiger partial charge in [-0.15, -0.1) is 0 Å². The predicted molar refractivity (Wildman–Crippen MR) is 128 cm³/mol. The Labute approximate surface area is 191 Å². The van der Waals surface area contributed by atoms with Crippen LogP contribution in [0.15, 0.2) is 71.5 Å². The minimum Gasteiger partial charge on any atom is -0.307 e. The van der Waals surface area contributed by atoms with Gasteiger partial charge in [0, 0.05) is 40.5 Å². The molecule has 32 heavy (non-hydrogen) atoms. The van der Waals surface area contributed by atoms with Crippen molar-refractivity contribution in [2.24, 2.45) is 0 Å². The van der Waals surface area contributed by atoms with E-state index >= 15 is 0 Å². The smallest absolute Gasteiger partial charge is 0.270 e. The number of fused-ring (bicyclic) bond motifs is 5. The molecule has 5 rings (SSSR count). The van der Waals surface area contributed by atoms with Gasteiger partial charge in [0.1, 0.15) is 0 Å². The average molecular weight is 489 g/mol. The largest absolute Gasteiger partial charge is 0.307 e. The fourth-order valence-corrected chi connectivity index (χ4v) is 4.63. The summed E-state index contributed by atoms with van der Waals surface area (Å²) in [6.45, 7) is 0.401. The molecule has 0 spiro atoms. The zero-order valence-corrected chi connectivity index (χ0v) is 18.5. The van der Waals surface area contributed by atoms with Gasteiger partial charge in [0.2, 0.25) is 0 Å². The third kappa shape index (κ3) is 3.08. The van der Waals surface area contributed by atoms with Crippen molar-refractivity contribution < 1.29 is 9.72 Å². The normalized spacial score (nSPS) is 12.1. The minimum absolute atomic E-state index is 0.167. The maximum atomic E-state index is 13.6. The second-order valence-corrected chi connectivity index (χ2v) is 8.46. The Kier molecular flexibility index (Phi) is 4.98. The summed E-state index contributed by atoms with van der Waals surface area (Å²) in [6.07, 6.45) is 0.679. The number of aromatic nitrogens is 1. The van der Waals surface area contributed by atoms with E-state index < -0.39 is 4.92 Å². The maximum absolute atomic E-state index is 13.6. The molecular formula is C25H17BrN2O4. The van der Waals surface area contributed by atoms with Crippen LogP contribution in [-0.2, 0) is 6.54 Å². The lowest BCUT2D eigenvalue weighted by Crippen LogP contribution is -2.23. The van der Waals surface area contributed by atoms with Crippen molar-refractivity contribution in [1.82, 2.24) is 4.57 Å². The standard InChI is InChI=1S/C25H17BrN2O4/c26-11-4-12-27-23-19-9-7-16(15-5-2-1-3-6-15)13-20(19)24(29)22(23)18-10-8-17(28(31)32)14-21(18)25(27)30/h1-3,5-10,13-14H,4,11-12H2. The van der Waals surface area contributed by atoms with E-state index in [1.807, 2.05) is 48.5 Å². The molecule has 6 nitrogen and oxygen atoms in total. The highest BCUT2D eigenvalue weighted by atomic mass is 79.9. The fraction of sp³-hybridized carbons (Fsp3) is 0.120. The Morgan fingerprint density at radius 3 is 2.38 bits per heavy atom. The van der Waals surface area contributed by atoms with E-state index in [2.05, 4.69) is 15.9 Å². The second-order valence-electron chi connectivity index (χ2n) is 7.67. The Morgan fingerprint density at radius 1 is 0.875 bits per heavy atom. The highest BCUT2D eigenvalue weighted by molar-refractivity contribution is 9.09. The number of non-ortho nitro benzene ring substituents is 1. The number of rotatable bonds is 5. The summed E-state index contributed by atoms with van der Waals surface area (Å²) in [6, 6.07) is 19.6. The molecule has 4 aromatic rings. The van der Waals surface area contributed by atoms with Crippen LogP contribution in [0.25, 0.3) is 33.2 Å². The third-order valence-corrected chi connectivity index (χ3v) is 6.40. The van der Waals surface area contributed by atoms with Gasteiger partial charge in [-0.2, -0.15) is 0 Å². The van der Waals surface area contributed by atoms with E-state index in [9.17, 15) is 19.7 Å². The van der Waals surface area contributed by atoms with Crippen LogP contribution in [0.2, 0.25) is 0 Å². The number of carbonyl (C=O) groups excluding carboxylic acids is 1. The molecule has 7 heteroatoms. The van der Waals surface area contributed by atoms with Crippen LogP contribution in [0.1, 0.15) is 22.3 Å². The first-order valence-electron chi connectivity index (χ1n) is 10.2. The lowest BCUT2D eigenvalue weighted by molar-refractivity contribution is -0.384. The molecule has 0 aliphatic heterocycles. The van der Waals surface area contributed by atoms with Crippen molar-refractivity contribution in [2.75, 3.05) is 5.33 Å². The molecule has 0 amide bonds. The number of alkyl halides is 1. The first-order chi connectivity index (χ1) is 15.5. The molecular weight excluding hydrogens is 472 g/mol. The van der Waals surface area contributed by atoms with Gasteiger partial charge in [-0.25, -0.2) is 0 Å². The molecule has 3 aromatic carbocycles. The molecule has 0 atom stereocenters. The van der Waals surface area contributed by atoms with Crippen LogP contribution in [-0.4, -0.2) is 20.6 Å². The summed E-state index contributed by atoms with van der Waals surface area (Å²) in [7, 11) is 0. The Morgan fingerprint density at radius 2 is 1.66 bits per heavy atom. The van der Waals surface area contributed by atoms with E-state index in [0.29, 0.717) is 40.5 Å². The molecule has 1 heterocycles. The number of pyridine rings is 1. The molecule has 0 N–H and O–H groups in total. The first kappa shape index (κ1) is 20.3. The Balaban J connectivity index is 1.80. The van der Waals surface area contributed by atoms with Gasteiger partial charge in [0.15, 0.2) is 5.78 Å². The summed E-state index contributed by atoms with van der Waals surface area (Å²) in [5.74, 6) is -0.167. The summed E-state index contributed by atoms with van der Waals surface area (Å²) in [4.78, 5) is 37.7. The van der Waals surface area contributed by atoms with Crippen molar-refractivity contribution >= 4 is 38.2 Å². The van der Waals surface area contributed by atoms with E-state index in [-0.39, 0.29) is 22.4 Å². The number of nitro groups is 1. The number of benzene rings is 3. The average Bonchev–Trinajstić information content (AvgIpc) is 3.11. The van der Waals surface area contributed by atoms with Gasteiger partial charge in [-0.3, -0.25) is 19.7 Å². The van der Waals surface area contributed by atoms with Crippen LogP contribution >= 0.6 is 15.9 Å². The quantitative estimate of drug-likeness (QED) is 0.184. The van der Waals surface area contributed by atoms with Gasteiger partial charge in [0.05, 0.1) is 21.6 Å². The Bertz CT molecular complexity index is 1480. The highest BCUT2D eigenvalue weighted by Crippen LogP contribution is 2.41. The topological polar surface area (TPSA) is 82.2 Å². The molecule has 0 bridgehead atoms. The Hall–Kier alpha value is -3.58. The van der Waals surface area contributed by atoms with Crippen molar-refractivity contribution in [3.63, 3.8) is 0 Å². The van der Waals surface area contributed by atoms with Crippen molar-refractivity contribution in [1.29, 1.82) is 0 Å². The number of ketones is 1. The third-order valence-electron chi connectivity index (χ3n) is 5.83. The van der Waals surface area contributed by atoms with Gasteiger partial charge in [0.25, 0.3) is 11.2 Å². The monoisotopic (exact) mass is 488 g/mol. The number of hydrogen-bond donors (Lipinski definition) is 0. The first-order valence-corrected chi connectivity index (χ1v) is 11.3.